The zero-order valence-electron chi connectivity index (χ0n) is 7.02. The molecule has 0 fully saturated rings. The number of ether oxygens (including phenoxy) is 1. The van der Waals surface area contributed by atoms with E-state index in [1.54, 1.807) is 0 Å². The van der Waals surface area contributed by atoms with Crippen LogP contribution in [0.25, 0.3) is 0 Å². The van der Waals surface area contributed by atoms with Crippen LogP contribution in [-0.4, -0.2) is 75.3 Å². The molecule has 0 aliphatic rings. The fraction of sp³-hybridized carbons (Fsp3) is 1.00. The van der Waals surface area contributed by atoms with E-state index in [1.807, 2.05) is 0 Å². The second kappa shape index (κ2) is 9.39. The number of aliphatic hydroxyl groups is 1. The Balaban J connectivity index is 0. The summed E-state index contributed by atoms with van der Waals surface area (Å²) < 4.78 is 30.7. The average molecular weight is 222 g/mol. The molecule has 0 saturated carbocycles. The first kappa shape index (κ1) is 16.3. The maximum atomic E-state index is 10.7. The summed E-state index contributed by atoms with van der Waals surface area (Å²) in [5.74, 6) is -0.0347. The first-order chi connectivity index (χ1) is 5.62. The minimum atomic E-state index is -3.35. The molecule has 0 atom stereocenters. The van der Waals surface area contributed by atoms with Gasteiger partial charge in [0.25, 0.3) is 10.1 Å². The van der Waals surface area contributed by atoms with Crippen molar-refractivity contribution in [3.8, 4) is 0 Å². The Labute approximate surface area is 101 Å². The molecule has 0 aromatic carbocycles. The van der Waals surface area contributed by atoms with Gasteiger partial charge in [-0.15, -0.1) is 0 Å². The van der Waals surface area contributed by atoms with Gasteiger partial charge in [0.1, 0.15) is 0 Å². The molecule has 0 aromatic heterocycles. The maximum absolute atomic E-state index is 10.7. The van der Waals surface area contributed by atoms with Crippen molar-refractivity contribution in [3.05, 3.63) is 0 Å². The molecule has 0 unspecified atom stereocenters. The van der Waals surface area contributed by atoms with E-state index in [0.717, 1.165) is 0 Å². The van der Waals surface area contributed by atoms with Crippen LogP contribution in [0.3, 0.4) is 0 Å². The Morgan fingerprint density at radius 3 is 2.31 bits per heavy atom. The van der Waals surface area contributed by atoms with Crippen molar-refractivity contribution < 1.29 is 22.4 Å². The molecule has 0 rings (SSSR count). The fourth-order valence-electron chi connectivity index (χ4n) is 0.470. The molecule has 7 heteroatoms. The van der Waals surface area contributed by atoms with Crippen molar-refractivity contribution in [2.24, 2.45) is 0 Å². The fourth-order valence-corrected chi connectivity index (χ4v) is 0.959. The summed E-state index contributed by atoms with van der Waals surface area (Å²) in [4.78, 5) is 0. The molecule has 0 aliphatic heterocycles. The van der Waals surface area contributed by atoms with E-state index in [1.165, 1.54) is 6.92 Å². The zero-order chi connectivity index (χ0) is 9.45. The molecule has 0 saturated heterocycles. The summed E-state index contributed by atoms with van der Waals surface area (Å²) >= 11 is 0. The molecule has 0 spiro atoms. The van der Waals surface area contributed by atoms with Crippen LogP contribution in [0.15, 0.2) is 0 Å². The monoisotopic (exact) mass is 222 g/mol. The van der Waals surface area contributed by atoms with E-state index in [2.05, 4.69) is 4.18 Å². The van der Waals surface area contributed by atoms with Gasteiger partial charge < -0.3 is 9.84 Å². The van der Waals surface area contributed by atoms with Crippen LogP contribution in [0.2, 0.25) is 0 Å². The van der Waals surface area contributed by atoms with Crippen molar-refractivity contribution >= 4 is 39.7 Å². The molecule has 0 aromatic rings. The molecule has 0 bridgehead atoms. The normalized spacial score (nSPS) is 10.9. The average Bonchev–Trinajstić information content (AvgIpc) is 2.04. The summed E-state index contributed by atoms with van der Waals surface area (Å²) in [5, 5.41) is 8.29. The van der Waals surface area contributed by atoms with Gasteiger partial charge in [-0.05, 0) is 6.92 Å². The zero-order valence-corrected chi connectivity index (χ0v) is 7.84. The third-order valence-corrected chi connectivity index (χ3v) is 2.31. The predicted molar refractivity (Wildman–Crippen MR) is 50.5 cm³/mol. The third-order valence-electron chi connectivity index (χ3n) is 1.08. The number of rotatable bonds is 7. The van der Waals surface area contributed by atoms with Gasteiger partial charge in [-0.1, -0.05) is 0 Å². The summed E-state index contributed by atoms with van der Waals surface area (Å²) in [6, 6.07) is 0. The first-order valence-electron chi connectivity index (χ1n) is 3.68. The van der Waals surface area contributed by atoms with E-state index in [4.69, 9.17) is 9.84 Å². The Morgan fingerprint density at radius 2 is 1.85 bits per heavy atom. The van der Waals surface area contributed by atoms with Crippen molar-refractivity contribution in [2.75, 3.05) is 32.2 Å². The van der Waals surface area contributed by atoms with Gasteiger partial charge in [0.2, 0.25) is 0 Å². The van der Waals surface area contributed by atoms with E-state index in [9.17, 15) is 8.42 Å². The van der Waals surface area contributed by atoms with Crippen molar-refractivity contribution in [1.82, 2.24) is 0 Å². The van der Waals surface area contributed by atoms with Crippen LogP contribution in [0.1, 0.15) is 6.92 Å². The molecular formula is C6H15NaO5S. The van der Waals surface area contributed by atoms with Crippen LogP contribution in [0.5, 0.6) is 0 Å². The predicted octanol–water partition coefficient (Wildman–Crippen LogP) is -1.29. The van der Waals surface area contributed by atoms with Crippen LogP contribution in [0, 0.1) is 0 Å². The molecule has 0 aliphatic carbocycles. The quantitative estimate of drug-likeness (QED) is 0.330. The minimum absolute atomic E-state index is 0. The number of hydrogen-bond acceptors (Lipinski definition) is 5. The van der Waals surface area contributed by atoms with Crippen molar-refractivity contribution in [3.63, 3.8) is 0 Å². The Morgan fingerprint density at radius 1 is 1.23 bits per heavy atom. The molecule has 0 heterocycles. The summed E-state index contributed by atoms with van der Waals surface area (Å²) in [5.41, 5.74) is 0. The van der Waals surface area contributed by atoms with Crippen LogP contribution in [0.4, 0.5) is 0 Å². The van der Waals surface area contributed by atoms with Gasteiger partial charge in [0.15, 0.2) is 0 Å². The third kappa shape index (κ3) is 10.8. The second-order valence-corrected chi connectivity index (χ2v) is 3.93. The Bertz CT molecular complexity index is 191. The molecular weight excluding hydrogens is 207 g/mol. The molecule has 76 valence electrons. The number of hydrogen-bond donors (Lipinski definition) is 1. The Hall–Kier alpha value is 0.830. The molecule has 13 heavy (non-hydrogen) atoms. The van der Waals surface area contributed by atoms with Crippen LogP contribution >= 0.6 is 0 Å². The molecule has 1 N–H and O–H groups in total. The molecule has 5 nitrogen and oxygen atoms in total. The van der Waals surface area contributed by atoms with Gasteiger partial charge in [-0.25, -0.2) is 0 Å². The first-order valence-corrected chi connectivity index (χ1v) is 5.26. The van der Waals surface area contributed by atoms with E-state index >= 15 is 0 Å². The van der Waals surface area contributed by atoms with Gasteiger partial charge in [-0.2, -0.15) is 8.42 Å². The topological polar surface area (TPSA) is 72.8 Å². The second-order valence-electron chi connectivity index (χ2n) is 2.00. The van der Waals surface area contributed by atoms with E-state index in [0.29, 0.717) is 0 Å². The summed E-state index contributed by atoms with van der Waals surface area (Å²) in [7, 11) is -3.35. The molecule has 0 radical (unpaired) electrons. The van der Waals surface area contributed by atoms with Crippen molar-refractivity contribution in [1.29, 1.82) is 0 Å². The van der Waals surface area contributed by atoms with Gasteiger partial charge in [-0.3, -0.25) is 4.18 Å². The van der Waals surface area contributed by atoms with Crippen LogP contribution < -0.4 is 0 Å². The number of aliphatic hydroxyl groups excluding tert-OH is 1. The Kier molecular flexibility index (Phi) is 11.7. The summed E-state index contributed by atoms with van der Waals surface area (Å²) in [6.45, 7) is 1.83. The standard InChI is InChI=1S/C6H14O5S.Na.H/c1-2-12(8,9)11-6-5-10-4-3-7;;/h7H,2-6H2,1H3;;. The van der Waals surface area contributed by atoms with Gasteiger partial charge >= 0.3 is 29.6 Å². The van der Waals surface area contributed by atoms with Crippen LogP contribution in [-0.2, 0) is 19.0 Å². The SMILES string of the molecule is CCS(=O)(=O)OCCOCCO.[NaH]. The van der Waals surface area contributed by atoms with E-state index in [-0.39, 0.29) is 61.7 Å². The molecule has 0 amide bonds. The van der Waals surface area contributed by atoms with Gasteiger partial charge in [0.05, 0.1) is 32.2 Å². The summed E-state index contributed by atoms with van der Waals surface area (Å²) in [6.07, 6.45) is 0. The van der Waals surface area contributed by atoms with Crippen molar-refractivity contribution in [2.45, 2.75) is 6.92 Å². The van der Waals surface area contributed by atoms with Gasteiger partial charge in [0, 0.05) is 0 Å². The van der Waals surface area contributed by atoms with E-state index < -0.39 is 10.1 Å².